The summed E-state index contributed by atoms with van der Waals surface area (Å²) in [6, 6.07) is 4.79. The molecule has 0 radical (unpaired) electrons. The number of carbonyl (C=O) groups excluding carboxylic acids is 3. The summed E-state index contributed by atoms with van der Waals surface area (Å²) in [5, 5.41) is 5.07. The highest BCUT2D eigenvalue weighted by Crippen LogP contribution is 2.17. The minimum absolute atomic E-state index is 0.0657. The van der Waals surface area contributed by atoms with Gasteiger partial charge in [-0.1, -0.05) is 6.92 Å². The van der Waals surface area contributed by atoms with Crippen molar-refractivity contribution in [1.29, 1.82) is 0 Å². The number of amides is 3. The molecule has 29 heavy (non-hydrogen) atoms. The summed E-state index contributed by atoms with van der Waals surface area (Å²) < 4.78 is 27.1. The number of hydrogen-bond acceptors (Lipinski definition) is 5. The van der Waals surface area contributed by atoms with Gasteiger partial charge in [0.05, 0.1) is 11.4 Å². The van der Waals surface area contributed by atoms with Gasteiger partial charge in [-0.2, -0.15) is 0 Å². The zero-order valence-electron chi connectivity index (χ0n) is 16.9. The van der Waals surface area contributed by atoms with E-state index in [4.69, 9.17) is 0 Å². The smallest absolute Gasteiger partial charge is 0.251 e. The van der Waals surface area contributed by atoms with Gasteiger partial charge in [-0.15, -0.1) is 0 Å². The van der Waals surface area contributed by atoms with Crippen LogP contribution in [0.25, 0.3) is 0 Å². The Bertz CT molecular complexity index is 854. The highest BCUT2D eigenvalue weighted by Gasteiger charge is 2.33. The lowest BCUT2D eigenvalue weighted by Crippen LogP contribution is -2.48. The number of nitrogens with one attached hydrogen (secondary N) is 3. The van der Waals surface area contributed by atoms with Crippen molar-refractivity contribution in [3.63, 3.8) is 0 Å². The molecule has 9 nitrogen and oxygen atoms in total. The first-order valence-corrected chi connectivity index (χ1v) is 11.1. The van der Waals surface area contributed by atoms with Gasteiger partial charge < -0.3 is 15.5 Å². The lowest BCUT2D eigenvalue weighted by atomic mass is 10.2. The molecule has 1 saturated heterocycles. The Morgan fingerprint density at radius 1 is 1.21 bits per heavy atom. The summed E-state index contributed by atoms with van der Waals surface area (Å²) in [5.74, 6) is -1.04. The molecule has 1 heterocycles. The minimum Gasteiger partial charge on any atom is -0.357 e. The summed E-state index contributed by atoms with van der Waals surface area (Å²) in [6.07, 6.45) is 1.99. The normalized spacial score (nSPS) is 17.6. The molecule has 0 aromatic heterocycles. The lowest BCUT2D eigenvalue weighted by Gasteiger charge is -2.23. The van der Waals surface area contributed by atoms with Crippen molar-refractivity contribution in [2.75, 3.05) is 20.1 Å². The fraction of sp³-hybridized carbons (Fsp3) is 0.526. The number of hydrogen-bond donors (Lipinski definition) is 3. The first kappa shape index (κ1) is 22.8. The van der Waals surface area contributed by atoms with Crippen molar-refractivity contribution in [3.8, 4) is 0 Å². The summed E-state index contributed by atoms with van der Waals surface area (Å²) >= 11 is 0. The van der Waals surface area contributed by atoms with Gasteiger partial charge >= 0.3 is 0 Å². The molecule has 1 aromatic rings. The van der Waals surface area contributed by atoms with Crippen LogP contribution in [0, 0.1) is 0 Å². The lowest BCUT2D eigenvalue weighted by molar-refractivity contribution is -0.137. The molecule has 1 aliphatic rings. The zero-order valence-corrected chi connectivity index (χ0v) is 17.7. The Labute approximate surface area is 171 Å². The number of likely N-dealkylation sites (tertiary alicyclic amines) is 1. The Hall–Kier alpha value is -2.46. The average Bonchev–Trinajstić information content (AvgIpc) is 3.20. The van der Waals surface area contributed by atoms with Gasteiger partial charge in [0, 0.05) is 25.2 Å². The molecule has 0 saturated carbocycles. The number of nitrogens with zero attached hydrogens (tertiary/aromatic N) is 1. The molecule has 3 N–H and O–H groups in total. The summed E-state index contributed by atoms with van der Waals surface area (Å²) in [4.78, 5) is 38.0. The van der Waals surface area contributed by atoms with Crippen LogP contribution in [-0.4, -0.2) is 63.3 Å². The van der Waals surface area contributed by atoms with E-state index < -0.39 is 22.0 Å². The minimum atomic E-state index is -3.65. The van der Waals surface area contributed by atoms with Crippen LogP contribution in [0.4, 0.5) is 0 Å². The van der Waals surface area contributed by atoms with Crippen molar-refractivity contribution in [3.05, 3.63) is 29.8 Å². The molecule has 0 bridgehead atoms. The third-order valence-corrected chi connectivity index (χ3v) is 6.52. The van der Waals surface area contributed by atoms with Crippen LogP contribution in [-0.2, 0) is 19.6 Å². The fourth-order valence-electron chi connectivity index (χ4n) is 3.07. The van der Waals surface area contributed by atoms with Crippen LogP contribution in [0.2, 0.25) is 0 Å². The molecule has 10 heteroatoms. The second-order valence-corrected chi connectivity index (χ2v) is 8.71. The van der Waals surface area contributed by atoms with Gasteiger partial charge in [-0.3, -0.25) is 14.4 Å². The molecule has 1 aromatic carbocycles. The highest BCUT2D eigenvalue weighted by molar-refractivity contribution is 7.89. The Morgan fingerprint density at radius 3 is 2.45 bits per heavy atom. The second-order valence-electron chi connectivity index (χ2n) is 7.00. The summed E-state index contributed by atoms with van der Waals surface area (Å²) in [5.41, 5.74) is 0.240. The topological polar surface area (TPSA) is 125 Å². The monoisotopic (exact) mass is 424 g/mol. The van der Waals surface area contributed by atoms with E-state index in [1.54, 1.807) is 6.92 Å². The van der Waals surface area contributed by atoms with Gasteiger partial charge in [-0.05, 0) is 50.5 Å². The van der Waals surface area contributed by atoms with Crippen LogP contribution in [0.3, 0.4) is 0 Å². The van der Waals surface area contributed by atoms with E-state index in [0.717, 1.165) is 6.42 Å². The van der Waals surface area contributed by atoms with Crippen LogP contribution >= 0.6 is 0 Å². The van der Waals surface area contributed by atoms with Crippen molar-refractivity contribution < 1.29 is 22.8 Å². The molecule has 0 spiro atoms. The van der Waals surface area contributed by atoms with E-state index >= 15 is 0 Å². The number of sulfonamides is 1. The van der Waals surface area contributed by atoms with Crippen molar-refractivity contribution in [1.82, 2.24) is 20.3 Å². The molecule has 0 aliphatic carbocycles. The zero-order chi connectivity index (χ0) is 21.6. The predicted octanol–water partition coefficient (Wildman–Crippen LogP) is 0.230. The summed E-state index contributed by atoms with van der Waals surface area (Å²) in [6.45, 7) is 3.89. The third-order valence-electron chi connectivity index (χ3n) is 4.92. The number of carbonyl (C=O) groups is 3. The standard InChI is InChI=1S/C19H28N4O5S/c1-4-13(2)22-29(27,28)15-9-7-14(8-10-15)18(25)21-12-17(24)23-11-5-6-16(23)19(26)20-3/h7-10,13,16,22H,4-6,11-12H2,1-3H3,(H,20,26)(H,21,25). The Kier molecular flexibility index (Phi) is 7.74. The highest BCUT2D eigenvalue weighted by atomic mass is 32.2. The summed E-state index contributed by atoms with van der Waals surface area (Å²) in [7, 11) is -2.13. The molecule has 160 valence electrons. The number of likely N-dealkylation sites (N-methyl/N-ethyl adjacent to an activating group) is 1. The van der Waals surface area contributed by atoms with E-state index in [9.17, 15) is 22.8 Å². The second kappa shape index (κ2) is 9.84. The fourth-order valence-corrected chi connectivity index (χ4v) is 4.39. The van der Waals surface area contributed by atoms with Crippen molar-refractivity contribution in [2.24, 2.45) is 0 Å². The first-order valence-electron chi connectivity index (χ1n) is 9.61. The van der Waals surface area contributed by atoms with E-state index in [2.05, 4.69) is 15.4 Å². The van der Waals surface area contributed by atoms with E-state index in [-0.39, 0.29) is 34.9 Å². The van der Waals surface area contributed by atoms with E-state index in [0.29, 0.717) is 19.4 Å². The van der Waals surface area contributed by atoms with Crippen molar-refractivity contribution in [2.45, 2.75) is 50.1 Å². The molecule has 2 unspecified atom stereocenters. The quantitative estimate of drug-likeness (QED) is 0.551. The van der Waals surface area contributed by atoms with Gasteiger partial charge in [0.1, 0.15) is 6.04 Å². The van der Waals surface area contributed by atoms with E-state index in [1.165, 1.54) is 36.2 Å². The van der Waals surface area contributed by atoms with E-state index in [1.807, 2.05) is 6.92 Å². The predicted molar refractivity (Wildman–Crippen MR) is 108 cm³/mol. The maximum Gasteiger partial charge on any atom is 0.251 e. The maximum absolute atomic E-state index is 12.4. The molecule has 3 amide bonds. The molecule has 2 atom stereocenters. The number of benzene rings is 1. The van der Waals surface area contributed by atoms with Crippen LogP contribution in [0.15, 0.2) is 29.2 Å². The first-order chi connectivity index (χ1) is 13.7. The van der Waals surface area contributed by atoms with Crippen LogP contribution in [0.1, 0.15) is 43.5 Å². The Morgan fingerprint density at radius 2 is 1.86 bits per heavy atom. The SMILES string of the molecule is CCC(C)NS(=O)(=O)c1ccc(C(=O)NCC(=O)N2CCCC2C(=O)NC)cc1. The van der Waals surface area contributed by atoms with Gasteiger partial charge in [-0.25, -0.2) is 13.1 Å². The van der Waals surface area contributed by atoms with Gasteiger partial charge in [0.2, 0.25) is 21.8 Å². The van der Waals surface area contributed by atoms with Gasteiger partial charge in [0.25, 0.3) is 5.91 Å². The molecule has 1 aliphatic heterocycles. The molecule has 2 rings (SSSR count). The molecule has 1 fully saturated rings. The van der Waals surface area contributed by atoms with Gasteiger partial charge in [0.15, 0.2) is 0 Å². The Balaban J connectivity index is 1.96. The maximum atomic E-state index is 12.4. The average molecular weight is 425 g/mol. The number of rotatable bonds is 8. The van der Waals surface area contributed by atoms with Crippen molar-refractivity contribution >= 4 is 27.7 Å². The largest absolute Gasteiger partial charge is 0.357 e. The molecular formula is C19H28N4O5S. The van der Waals surface area contributed by atoms with Crippen LogP contribution in [0.5, 0.6) is 0 Å². The van der Waals surface area contributed by atoms with Crippen LogP contribution < -0.4 is 15.4 Å². The molecular weight excluding hydrogens is 396 g/mol. The third kappa shape index (κ3) is 5.77.